The molecule has 0 spiro atoms. The Hall–Kier alpha value is -1.72. The average Bonchev–Trinajstić information content (AvgIpc) is 2.98. The van der Waals surface area contributed by atoms with E-state index >= 15 is 0 Å². The molecule has 5 heteroatoms. The standard InChI is InChI=1S/C14H17N3OS/c15-7-9-17(14(18)13-10-19-11-16-13)8-6-12-4-2-1-3-5-12/h1-5,10-11H,6-9,15H2. The molecule has 1 amide bonds. The van der Waals surface area contributed by atoms with Crippen LogP contribution in [0.25, 0.3) is 0 Å². The zero-order valence-electron chi connectivity index (χ0n) is 10.7. The Balaban J connectivity index is 1.98. The van der Waals surface area contributed by atoms with Crippen molar-refractivity contribution in [2.45, 2.75) is 6.42 Å². The Labute approximate surface area is 116 Å². The van der Waals surface area contributed by atoms with E-state index in [9.17, 15) is 4.79 Å². The molecule has 1 aromatic carbocycles. The van der Waals surface area contributed by atoms with Crippen LogP contribution in [0.1, 0.15) is 16.1 Å². The highest BCUT2D eigenvalue weighted by Crippen LogP contribution is 2.07. The Morgan fingerprint density at radius 2 is 2.05 bits per heavy atom. The number of carbonyl (C=O) groups excluding carboxylic acids is 1. The third-order valence-corrected chi connectivity index (χ3v) is 3.44. The van der Waals surface area contributed by atoms with Crippen molar-refractivity contribution in [3.8, 4) is 0 Å². The summed E-state index contributed by atoms with van der Waals surface area (Å²) < 4.78 is 0. The highest BCUT2D eigenvalue weighted by molar-refractivity contribution is 7.07. The molecule has 1 heterocycles. The third kappa shape index (κ3) is 3.87. The van der Waals surface area contributed by atoms with Gasteiger partial charge < -0.3 is 10.6 Å². The number of hydrogen-bond acceptors (Lipinski definition) is 4. The summed E-state index contributed by atoms with van der Waals surface area (Å²) in [4.78, 5) is 18.1. The van der Waals surface area contributed by atoms with Crippen molar-refractivity contribution < 1.29 is 4.79 Å². The molecule has 0 saturated heterocycles. The van der Waals surface area contributed by atoms with E-state index in [0.717, 1.165) is 6.42 Å². The van der Waals surface area contributed by atoms with Gasteiger partial charge in [-0.25, -0.2) is 4.98 Å². The normalized spacial score (nSPS) is 10.4. The quantitative estimate of drug-likeness (QED) is 0.874. The second-order valence-electron chi connectivity index (χ2n) is 4.19. The van der Waals surface area contributed by atoms with Gasteiger partial charge in [0.15, 0.2) is 0 Å². The number of thiazole rings is 1. The molecular weight excluding hydrogens is 258 g/mol. The largest absolute Gasteiger partial charge is 0.336 e. The zero-order chi connectivity index (χ0) is 13.5. The van der Waals surface area contributed by atoms with E-state index in [1.807, 2.05) is 18.2 Å². The molecule has 0 radical (unpaired) electrons. The lowest BCUT2D eigenvalue weighted by molar-refractivity contribution is 0.0757. The van der Waals surface area contributed by atoms with Gasteiger partial charge in [-0.1, -0.05) is 30.3 Å². The topological polar surface area (TPSA) is 59.2 Å². The van der Waals surface area contributed by atoms with Gasteiger partial charge in [-0.05, 0) is 12.0 Å². The summed E-state index contributed by atoms with van der Waals surface area (Å²) in [6.07, 6.45) is 0.830. The van der Waals surface area contributed by atoms with Crippen LogP contribution in [0.4, 0.5) is 0 Å². The number of hydrogen-bond donors (Lipinski definition) is 1. The first-order valence-electron chi connectivity index (χ1n) is 6.22. The van der Waals surface area contributed by atoms with E-state index in [1.165, 1.54) is 16.9 Å². The summed E-state index contributed by atoms with van der Waals surface area (Å²) in [5.74, 6) is -0.0392. The zero-order valence-corrected chi connectivity index (χ0v) is 11.5. The summed E-state index contributed by atoms with van der Waals surface area (Å²) in [5, 5.41) is 1.77. The third-order valence-electron chi connectivity index (χ3n) is 2.85. The van der Waals surface area contributed by atoms with Gasteiger partial charge >= 0.3 is 0 Å². The molecule has 0 saturated carbocycles. The molecule has 0 aliphatic carbocycles. The molecule has 0 aliphatic rings. The van der Waals surface area contributed by atoms with Crippen molar-refractivity contribution in [3.63, 3.8) is 0 Å². The summed E-state index contributed by atoms with van der Waals surface area (Å²) in [6.45, 7) is 1.69. The molecular formula is C14H17N3OS. The molecule has 0 unspecified atom stereocenters. The lowest BCUT2D eigenvalue weighted by Gasteiger charge is -2.21. The lowest BCUT2D eigenvalue weighted by Crippen LogP contribution is -2.37. The van der Waals surface area contributed by atoms with Crippen LogP contribution in [-0.2, 0) is 6.42 Å². The summed E-state index contributed by atoms with van der Waals surface area (Å²) in [5.41, 5.74) is 8.97. The van der Waals surface area contributed by atoms with Crippen molar-refractivity contribution in [1.82, 2.24) is 9.88 Å². The van der Waals surface area contributed by atoms with E-state index in [4.69, 9.17) is 5.73 Å². The van der Waals surface area contributed by atoms with E-state index in [0.29, 0.717) is 25.3 Å². The van der Waals surface area contributed by atoms with Crippen molar-refractivity contribution in [3.05, 3.63) is 52.5 Å². The Kier molecular flexibility index (Phi) is 5.06. The van der Waals surface area contributed by atoms with Crippen molar-refractivity contribution in [1.29, 1.82) is 0 Å². The summed E-state index contributed by atoms with van der Waals surface area (Å²) in [7, 11) is 0. The number of nitrogens with two attached hydrogens (primary N) is 1. The lowest BCUT2D eigenvalue weighted by atomic mass is 10.1. The number of benzene rings is 1. The molecule has 0 atom stereocenters. The van der Waals surface area contributed by atoms with Gasteiger partial charge in [0.1, 0.15) is 5.69 Å². The van der Waals surface area contributed by atoms with E-state index in [-0.39, 0.29) is 5.91 Å². The number of rotatable bonds is 6. The fourth-order valence-electron chi connectivity index (χ4n) is 1.86. The fourth-order valence-corrected chi connectivity index (χ4v) is 2.39. The maximum absolute atomic E-state index is 12.2. The Morgan fingerprint density at radius 3 is 2.68 bits per heavy atom. The highest BCUT2D eigenvalue weighted by atomic mass is 32.1. The predicted octanol–water partition coefficient (Wildman–Crippen LogP) is 1.79. The van der Waals surface area contributed by atoms with Gasteiger partial charge in [0.05, 0.1) is 5.51 Å². The van der Waals surface area contributed by atoms with Gasteiger partial charge in [-0.2, -0.15) is 0 Å². The first kappa shape index (κ1) is 13.7. The maximum Gasteiger partial charge on any atom is 0.273 e. The average molecular weight is 275 g/mol. The van der Waals surface area contributed by atoms with Crippen LogP contribution in [0.15, 0.2) is 41.2 Å². The second kappa shape index (κ2) is 7.01. The van der Waals surface area contributed by atoms with Crippen LogP contribution in [0.5, 0.6) is 0 Å². The molecule has 19 heavy (non-hydrogen) atoms. The predicted molar refractivity (Wildman–Crippen MR) is 77.2 cm³/mol. The minimum absolute atomic E-state index is 0.0392. The van der Waals surface area contributed by atoms with Gasteiger partial charge in [-0.3, -0.25) is 4.79 Å². The molecule has 100 valence electrons. The molecule has 0 aliphatic heterocycles. The van der Waals surface area contributed by atoms with Crippen LogP contribution < -0.4 is 5.73 Å². The van der Waals surface area contributed by atoms with E-state index in [1.54, 1.807) is 15.8 Å². The summed E-state index contributed by atoms with van der Waals surface area (Å²) in [6, 6.07) is 10.1. The van der Waals surface area contributed by atoms with Crippen LogP contribution in [-0.4, -0.2) is 35.4 Å². The molecule has 0 fully saturated rings. The molecule has 0 bridgehead atoms. The number of amides is 1. The summed E-state index contributed by atoms with van der Waals surface area (Å²) >= 11 is 1.43. The first-order chi connectivity index (χ1) is 9.31. The number of aromatic nitrogens is 1. The molecule has 2 aromatic rings. The molecule has 2 N–H and O–H groups in total. The highest BCUT2D eigenvalue weighted by Gasteiger charge is 2.16. The van der Waals surface area contributed by atoms with Gasteiger partial charge in [-0.15, -0.1) is 11.3 Å². The van der Waals surface area contributed by atoms with Crippen molar-refractivity contribution >= 4 is 17.2 Å². The van der Waals surface area contributed by atoms with E-state index in [2.05, 4.69) is 17.1 Å². The monoisotopic (exact) mass is 275 g/mol. The van der Waals surface area contributed by atoms with Crippen LogP contribution in [0.2, 0.25) is 0 Å². The first-order valence-corrected chi connectivity index (χ1v) is 7.17. The molecule has 1 aromatic heterocycles. The SMILES string of the molecule is NCCN(CCc1ccccc1)C(=O)c1cscn1. The van der Waals surface area contributed by atoms with Crippen LogP contribution >= 0.6 is 11.3 Å². The van der Waals surface area contributed by atoms with Crippen molar-refractivity contribution in [2.75, 3.05) is 19.6 Å². The van der Waals surface area contributed by atoms with Crippen LogP contribution in [0, 0.1) is 0 Å². The minimum Gasteiger partial charge on any atom is -0.336 e. The van der Waals surface area contributed by atoms with Gasteiger partial charge in [0.2, 0.25) is 0 Å². The Morgan fingerprint density at radius 1 is 1.26 bits per heavy atom. The second-order valence-corrected chi connectivity index (χ2v) is 4.91. The van der Waals surface area contributed by atoms with Crippen LogP contribution in [0.3, 0.4) is 0 Å². The van der Waals surface area contributed by atoms with Gasteiger partial charge in [0.25, 0.3) is 5.91 Å². The fraction of sp³-hybridized carbons (Fsp3) is 0.286. The molecule has 2 rings (SSSR count). The minimum atomic E-state index is -0.0392. The maximum atomic E-state index is 12.2. The number of nitrogens with zero attached hydrogens (tertiary/aromatic N) is 2. The van der Waals surface area contributed by atoms with Crippen molar-refractivity contribution in [2.24, 2.45) is 5.73 Å². The smallest absolute Gasteiger partial charge is 0.273 e. The van der Waals surface area contributed by atoms with E-state index < -0.39 is 0 Å². The Bertz CT molecular complexity index is 499. The molecule has 4 nitrogen and oxygen atoms in total. The van der Waals surface area contributed by atoms with Gasteiger partial charge in [0, 0.05) is 25.0 Å². The number of carbonyl (C=O) groups is 1.